The fraction of sp³-hybridized carbons (Fsp3) is 0.375. The van der Waals surface area contributed by atoms with Crippen LogP contribution in [-0.4, -0.2) is 58.5 Å². The number of para-hydroxylation sites is 2. The van der Waals surface area contributed by atoms with Crippen LogP contribution in [0.3, 0.4) is 0 Å². The number of rotatable bonds is 15. The Bertz CT molecular complexity index is 1440. The number of sulfonamides is 1. The van der Waals surface area contributed by atoms with Gasteiger partial charge >= 0.3 is 0 Å². The zero-order valence-electron chi connectivity index (χ0n) is 25.0. The van der Waals surface area contributed by atoms with Gasteiger partial charge in [-0.2, -0.15) is 0 Å². The number of amides is 2. The standard InChI is InChI=1S/C32H41N3O6S/c1-6-8-21-33-32(37)28(7-2)34(22-25-14-10-9-13-24(25)3)31(36)23-35(29-15-11-12-16-30(29)41-5)42(38,39)27-19-17-26(40-4)18-20-27/h9-20,28H,6-8,21-23H2,1-5H3,(H,33,37). The Kier molecular flexibility index (Phi) is 11.8. The number of benzene rings is 3. The maximum atomic E-state index is 14.2. The van der Waals surface area contributed by atoms with E-state index in [0.717, 1.165) is 28.3 Å². The Morgan fingerprint density at radius 3 is 2.19 bits per heavy atom. The molecule has 3 aromatic rings. The van der Waals surface area contributed by atoms with Gasteiger partial charge in [-0.05, 0) is 67.3 Å². The molecule has 9 nitrogen and oxygen atoms in total. The Balaban J connectivity index is 2.08. The number of unbranched alkanes of at least 4 members (excludes halogenated alkanes) is 1. The van der Waals surface area contributed by atoms with Crippen molar-refractivity contribution in [2.45, 2.75) is 57.5 Å². The van der Waals surface area contributed by atoms with Crippen molar-refractivity contribution in [3.8, 4) is 11.5 Å². The lowest BCUT2D eigenvalue weighted by Gasteiger charge is -2.33. The molecule has 0 bridgehead atoms. The van der Waals surface area contributed by atoms with Crippen molar-refractivity contribution in [1.82, 2.24) is 10.2 Å². The minimum Gasteiger partial charge on any atom is -0.497 e. The van der Waals surface area contributed by atoms with Gasteiger partial charge in [-0.1, -0.05) is 56.7 Å². The van der Waals surface area contributed by atoms with Gasteiger partial charge in [-0.15, -0.1) is 0 Å². The van der Waals surface area contributed by atoms with Gasteiger partial charge < -0.3 is 19.7 Å². The number of nitrogens with zero attached hydrogens (tertiary/aromatic N) is 2. The quantitative estimate of drug-likeness (QED) is 0.250. The van der Waals surface area contributed by atoms with E-state index in [-0.39, 0.29) is 28.8 Å². The predicted octanol–water partition coefficient (Wildman–Crippen LogP) is 4.93. The number of ether oxygens (including phenoxy) is 2. The third-order valence-electron chi connectivity index (χ3n) is 7.10. The van der Waals surface area contributed by atoms with E-state index in [2.05, 4.69) is 5.32 Å². The summed E-state index contributed by atoms with van der Waals surface area (Å²) in [5, 5.41) is 2.94. The van der Waals surface area contributed by atoms with Gasteiger partial charge in [0.25, 0.3) is 10.0 Å². The SMILES string of the molecule is CCCCNC(=O)C(CC)N(Cc1ccccc1C)C(=O)CN(c1ccccc1OC)S(=O)(=O)c1ccc(OC)cc1. The van der Waals surface area contributed by atoms with Gasteiger partial charge in [0, 0.05) is 13.1 Å². The van der Waals surface area contributed by atoms with E-state index in [1.54, 1.807) is 36.4 Å². The summed E-state index contributed by atoms with van der Waals surface area (Å²) in [5.41, 5.74) is 2.04. The van der Waals surface area contributed by atoms with Crippen LogP contribution in [0.5, 0.6) is 11.5 Å². The van der Waals surface area contributed by atoms with Crippen LogP contribution in [-0.2, 0) is 26.2 Å². The summed E-state index contributed by atoms with van der Waals surface area (Å²) < 4.78 is 39.9. The Hall–Kier alpha value is -4.05. The summed E-state index contributed by atoms with van der Waals surface area (Å²) in [7, 11) is -1.31. The summed E-state index contributed by atoms with van der Waals surface area (Å²) in [6, 6.07) is 19.4. The molecule has 0 radical (unpaired) electrons. The highest BCUT2D eigenvalue weighted by atomic mass is 32.2. The average molecular weight is 596 g/mol. The summed E-state index contributed by atoms with van der Waals surface area (Å²) >= 11 is 0. The molecule has 0 aliphatic rings. The third kappa shape index (κ3) is 7.82. The molecule has 1 N–H and O–H groups in total. The first-order valence-corrected chi connectivity index (χ1v) is 15.5. The number of carbonyl (C=O) groups excluding carboxylic acids is 2. The molecule has 10 heteroatoms. The minimum absolute atomic E-state index is 0.0168. The molecule has 3 rings (SSSR count). The van der Waals surface area contributed by atoms with E-state index in [1.165, 1.54) is 31.3 Å². The fourth-order valence-electron chi connectivity index (χ4n) is 4.62. The van der Waals surface area contributed by atoms with Crippen molar-refractivity contribution in [2.75, 3.05) is 31.6 Å². The molecule has 0 saturated carbocycles. The molecular weight excluding hydrogens is 554 g/mol. The molecule has 0 saturated heterocycles. The Morgan fingerprint density at radius 1 is 0.905 bits per heavy atom. The van der Waals surface area contributed by atoms with E-state index in [4.69, 9.17) is 9.47 Å². The molecule has 0 aliphatic heterocycles. The zero-order valence-corrected chi connectivity index (χ0v) is 25.8. The van der Waals surface area contributed by atoms with Crippen LogP contribution < -0.4 is 19.1 Å². The molecule has 1 atom stereocenters. The van der Waals surface area contributed by atoms with Crippen LogP contribution in [0.15, 0.2) is 77.7 Å². The Labute approximate surface area is 249 Å². The number of hydrogen-bond donors (Lipinski definition) is 1. The maximum absolute atomic E-state index is 14.2. The summed E-state index contributed by atoms with van der Waals surface area (Å²) in [4.78, 5) is 29.0. The lowest BCUT2D eigenvalue weighted by Crippen LogP contribution is -2.52. The molecular formula is C32H41N3O6S. The minimum atomic E-state index is -4.24. The average Bonchev–Trinajstić information content (AvgIpc) is 3.00. The van der Waals surface area contributed by atoms with Gasteiger partial charge in [0.05, 0.1) is 24.8 Å². The second-order valence-electron chi connectivity index (χ2n) is 9.88. The number of carbonyl (C=O) groups is 2. The third-order valence-corrected chi connectivity index (χ3v) is 8.87. The highest BCUT2D eigenvalue weighted by Gasteiger charge is 2.34. The van der Waals surface area contributed by atoms with Crippen molar-refractivity contribution in [2.24, 2.45) is 0 Å². The second-order valence-corrected chi connectivity index (χ2v) is 11.7. The molecule has 42 heavy (non-hydrogen) atoms. The van der Waals surface area contributed by atoms with Gasteiger partial charge in [0.1, 0.15) is 24.1 Å². The number of aryl methyl sites for hydroxylation is 1. The van der Waals surface area contributed by atoms with Gasteiger partial charge in [-0.3, -0.25) is 13.9 Å². The normalized spacial score (nSPS) is 11.8. The van der Waals surface area contributed by atoms with E-state index < -0.39 is 28.5 Å². The molecule has 0 fully saturated rings. The summed E-state index contributed by atoms with van der Waals surface area (Å²) in [6.45, 7) is 5.92. The zero-order chi connectivity index (χ0) is 30.7. The topological polar surface area (TPSA) is 105 Å². The molecule has 226 valence electrons. The van der Waals surface area contributed by atoms with E-state index in [9.17, 15) is 18.0 Å². The first-order valence-electron chi connectivity index (χ1n) is 14.1. The van der Waals surface area contributed by atoms with Crippen molar-refractivity contribution in [1.29, 1.82) is 0 Å². The van der Waals surface area contributed by atoms with Crippen molar-refractivity contribution < 1.29 is 27.5 Å². The van der Waals surface area contributed by atoms with E-state index in [1.807, 2.05) is 45.0 Å². The second kappa shape index (κ2) is 15.3. The molecule has 0 spiro atoms. The summed E-state index contributed by atoms with van der Waals surface area (Å²) in [5.74, 6) is 0.00353. The van der Waals surface area contributed by atoms with Crippen LogP contribution >= 0.6 is 0 Å². The van der Waals surface area contributed by atoms with E-state index in [0.29, 0.717) is 18.7 Å². The van der Waals surface area contributed by atoms with Crippen LogP contribution in [0.25, 0.3) is 0 Å². The van der Waals surface area contributed by atoms with Crippen LogP contribution in [0.4, 0.5) is 5.69 Å². The molecule has 3 aromatic carbocycles. The van der Waals surface area contributed by atoms with Crippen molar-refractivity contribution in [3.05, 3.63) is 83.9 Å². The predicted molar refractivity (Wildman–Crippen MR) is 164 cm³/mol. The van der Waals surface area contributed by atoms with Crippen molar-refractivity contribution >= 4 is 27.5 Å². The number of anilines is 1. The monoisotopic (exact) mass is 595 g/mol. The molecule has 0 heterocycles. The highest BCUT2D eigenvalue weighted by Crippen LogP contribution is 2.33. The number of nitrogens with one attached hydrogen (secondary N) is 1. The first kappa shape index (κ1) is 32.5. The van der Waals surface area contributed by atoms with Gasteiger partial charge in [0.2, 0.25) is 11.8 Å². The van der Waals surface area contributed by atoms with Crippen LogP contribution in [0.2, 0.25) is 0 Å². The van der Waals surface area contributed by atoms with Crippen LogP contribution in [0, 0.1) is 6.92 Å². The first-order chi connectivity index (χ1) is 20.2. The number of hydrogen-bond acceptors (Lipinski definition) is 6. The largest absolute Gasteiger partial charge is 0.497 e. The molecule has 1 unspecified atom stereocenters. The van der Waals surface area contributed by atoms with Gasteiger partial charge in [0.15, 0.2) is 0 Å². The molecule has 0 aliphatic carbocycles. The summed E-state index contributed by atoms with van der Waals surface area (Å²) in [6.07, 6.45) is 2.09. The maximum Gasteiger partial charge on any atom is 0.264 e. The lowest BCUT2D eigenvalue weighted by molar-refractivity contribution is -0.140. The molecule has 0 aromatic heterocycles. The van der Waals surface area contributed by atoms with E-state index >= 15 is 0 Å². The van der Waals surface area contributed by atoms with Gasteiger partial charge in [-0.25, -0.2) is 8.42 Å². The van der Waals surface area contributed by atoms with Crippen LogP contribution in [0.1, 0.15) is 44.2 Å². The highest BCUT2D eigenvalue weighted by molar-refractivity contribution is 7.92. The van der Waals surface area contributed by atoms with Crippen molar-refractivity contribution in [3.63, 3.8) is 0 Å². The fourth-order valence-corrected chi connectivity index (χ4v) is 6.05. The smallest absolute Gasteiger partial charge is 0.264 e. The lowest BCUT2D eigenvalue weighted by atomic mass is 10.1. The Morgan fingerprint density at radius 2 is 1.57 bits per heavy atom. The molecule has 2 amide bonds. The number of methoxy groups -OCH3 is 2.